The largest absolute Gasteiger partial charge is 0.494 e. The number of hydrogen-bond acceptors (Lipinski definition) is 6. The molecule has 0 aliphatic carbocycles. The van der Waals surface area contributed by atoms with E-state index in [0.717, 1.165) is 27.6 Å². The molecule has 4 aromatic rings. The second-order valence-electron chi connectivity index (χ2n) is 8.04. The molecule has 3 aromatic carbocycles. The minimum atomic E-state index is -4.01. The number of methoxy groups -OCH3 is 3. The Balaban J connectivity index is 1.64. The van der Waals surface area contributed by atoms with Gasteiger partial charge in [-0.2, -0.15) is 0 Å². The molecule has 0 saturated carbocycles. The van der Waals surface area contributed by atoms with Gasteiger partial charge < -0.3 is 14.2 Å². The summed E-state index contributed by atoms with van der Waals surface area (Å²) in [4.78, 5) is 4.32. The second-order valence-corrected chi connectivity index (χ2v) is 10.5. The first kappa shape index (κ1) is 25.9. The predicted molar refractivity (Wildman–Crippen MR) is 143 cm³/mol. The Morgan fingerprint density at radius 3 is 2.28 bits per heavy atom. The van der Waals surface area contributed by atoms with Crippen molar-refractivity contribution in [3.8, 4) is 17.2 Å². The number of sulfonamides is 1. The molecule has 0 aliphatic heterocycles. The predicted octanol–water partition coefficient (Wildman–Crippen LogP) is 6.27. The van der Waals surface area contributed by atoms with E-state index in [-0.39, 0.29) is 20.7 Å². The van der Waals surface area contributed by atoms with Crippen LogP contribution >= 0.6 is 23.2 Å². The minimum Gasteiger partial charge on any atom is -0.494 e. The van der Waals surface area contributed by atoms with Crippen LogP contribution in [0.4, 0.5) is 5.69 Å². The number of aryl methyl sites for hydroxylation is 1. The smallest absolute Gasteiger partial charge is 0.265 e. The molecule has 1 N–H and O–H groups in total. The zero-order chi connectivity index (χ0) is 26.0. The van der Waals surface area contributed by atoms with E-state index in [1.165, 1.54) is 19.2 Å². The van der Waals surface area contributed by atoms with Crippen LogP contribution in [0.3, 0.4) is 0 Å². The number of nitrogens with zero attached hydrogens (tertiary/aromatic N) is 1. The minimum absolute atomic E-state index is 0.0264. The number of aromatic nitrogens is 1. The molecule has 1 heterocycles. The Morgan fingerprint density at radius 1 is 0.889 bits per heavy atom. The highest BCUT2D eigenvalue weighted by molar-refractivity contribution is 7.92. The molecule has 0 radical (unpaired) electrons. The summed E-state index contributed by atoms with van der Waals surface area (Å²) < 4.78 is 44.8. The van der Waals surface area contributed by atoms with E-state index in [1.54, 1.807) is 32.5 Å². The molecular formula is C26H24Cl2N2O5S. The van der Waals surface area contributed by atoms with E-state index in [4.69, 9.17) is 37.4 Å². The van der Waals surface area contributed by atoms with E-state index in [9.17, 15) is 8.42 Å². The topological polar surface area (TPSA) is 86.8 Å². The van der Waals surface area contributed by atoms with E-state index >= 15 is 0 Å². The molecule has 0 spiro atoms. The van der Waals surface area contributed by atoms with Gasteiger partial charge in [-0.3, -0.25) is 9.71 Å². The van der Waals surface area contributed by atoms with Gasteiger partial charge in [-0.15, -0.1) is 0 Å². The number of hydrogen-bond donors (Lipinski definition) is 1. The third-order valence-corrected chi connectivity index (χ3v) is 7.67. The number of benzene rings is 3. The Morgan fingerprint density at radius 2 is 1.61 bits per heavy atom. The SMILES string of the molecule is COc1cc2nccc(Cc3ccc(NS(=O)(=O)c4cc(Cl)cc(Cl)c4OC)cc3C)c2cc1OC. The highest BCUT2D eigenvalue weighted by atomic mass is 35.5. The fraction of sp³-hybridized carbons (Fsp3) is 0.192. The van der Waals surface area contributed by atoms with Crippen LogP contribution in [-0.4, -0.2) is 34.7 Å². The average molecular weight is 547 g/mol. The average Bonchev–Trinajstić information content (AvgIpc) is 2.84. The summed E-state index contributed by atoms with van der Waals surface area (Å²) in [5.41, 5.74) is 4.19. The van der Waals surface area contributed by atoms with Crippen LogP contribution < -0.4 is 18.9 Å². The molecule has 4 rings (SSSR count). The monoisotopic (exact) mass is 546 g/mol. The normalized spacial score (nSPS) is 11.4. The summed E-state index contributed by atoms with van der Waals surface area (Å²) in [6.07, 6.45) is 2.37. The molecule has 7 nitrogen and oxygen atoms in total. The zero-order valence-corrected chi connectivity index (χ0v) is 22.4. The number of nitrogens with one attached hydrogen (secondary N) is 1. The number of halogens is 2. The maximum Gasteiger partial charge on any atom is 0.265 e. The van der Waals surface area contributed by atoms with Gasteiger partial charge in [0.2, 0.25) is 0 Å². The van der Waals surface area contributed by atoms with Gasteiger partial charge in [0.25, 0.3) is 10.0 Å². The van der Waals surface area contributed by atoms with Crippen LogP contribution in [0.5, 0.6) is 17.2 Å². The highest BCUT2D eigenvalue weighted by Gasteiger charge is 2.23. The second kappa shape index (κ2) is 10.4. The number of ether oxygens (including phenoxy) is 3. The first-order valence-corrected chi connectivity index (χ1v) is 13.1. The van der Waals surface area contributed by atoms with Gasteiger partial charge in [0, 0.05) is 28.4 Å². The molecule has 0 fully saturated rings. The van der Waals surface area contributed by atoms with Crippen molar-refractivity contribution in [2.45, 2.75) is 18.2 Å². The van der Waals surface area contributed by atoms with Crippen LogP contribution in [-0.2, 0) is 16.4 Å². The standard InChI is InChI=1S/C26H24Cl2N2O5S/c1-15-9-19(30-36(31,32)25-12-18(27)11-21(28)26(25)35-4)6-5-16(15)10-17-7-8-29-22-14-24(34-3)23(33-2)13-20(17)22/h5-9,11-14,30H,10H2,1-4H3. The van der Waals surface area contributed by atoms with Crippen molar-refractivity contribution in [3.63, 3.8) is 0 Å². The number of rotatable bonds is 8. The van der Waals surface area contributed by atoms with Crippen molar-refractivity contribution >= 4 is 49.8 Å². The van der Waals surface area contributed by atoms with Gasteiger partial charge in [0.15, 0.2) is 17.2 Å². The van der Waals surface area contributed by atoms with E-state index in [0.29, 0.717) is 23.6 Å². The summed E-state index contributed by atoms with van der Waals surface area (Å²) >= 11 is 12.2. The lowest BCUT2D eigenvalue weighted by atomic mass is 9.97. The number of anilines is 1. The molecule has 0 aliphatic rings. The maximum absolute atomic E-state index is 13.1. The van der Waals surface area contributed by atoms with Crippen LogP contribution in [0.1, 0.15) is 16.7 Å². The van der Waals surface area contributed by atoms with Crippen molar-refractivity contribution in [1.82, 2.24) is 4.98 Å². The molecule has 188 valence electrons. The van der Waals surface area contributed by atoms with E-state index < -0.39 is 10.0 Å². The molecule has 0 atom stereocenters. The van der Waals surface area contributed by atoms with Crippen molar-refractivity contribution in [3.05, 3.63) is 81.5 Å². The van der Waals surface area contributed by atoms with Gasteiger partial charge in [0.05, 0.1) is 31.9 Å². The summed E-state index contributed by atoms with van der Waals surface area (Å²) in [6, 6.07) is 13.8. The Kier molecular flexibility index (Phi) is 7.49. The van der Waals surface area contributed by atoms with E-state index in [2.05, 4.69) is 9.71 Å². The third-order valence-electron chi connectivity index (χ3n) is 5.78. The fourth-order valence-corrected chi connectivity index (χ4v) is 5.95. The molecule has 0 bridgehead atoms. The first-order valence-electron chi connectivity index (χ1n) is 10.8. The van der Waals surface area contributed by atoms with Gasteiger partial charge >= 0.3 is 0 Å². The number of fused-ring (bicyclic) bond motifs is 1. The molecule has 0 unspecified atom stereocenters. The Labute approximate surface area is 220 Å². The van der Waals surface area contributed by atoms with Crippen LogP contribution in [0, 0.1) is 6.92 Å². The van der Waals surface area contributed by atoms with Crippen molar-refractivity contribution in [1.29, 1.82) is 0 Å². The maximum atomic E-state index is 13.1. The quantitative estimate of drug-likeness (QED) is 0.280. The lowest BCUT2D eigenvalue weighted by molar-refractivity contribution is 0.356. The van der Waals surface area contributed by atoms with Crippen LogP contribution in [0.15, 0.2) is 59.6 Å². The van der Waals surface area contributed by atoms with Crippen LogP contribution in [0.25, 0.3) is 10.9 Å². The molecular weight excluding hydrogens is 523 g/mol. The van der Waals surface area contributed by atoms with Crippen molar-refractivity contribution < 1.29 is 22.6 Å². The van der Waals surface area contributed by atoms with Gasteiger partial charge in [-0.1, -0.05) is 29.3 Å². The van der Waals surface area contributed by atoms with Crippen molar-refractivity contribution in [2.24, 2.45) is 0 Å². The Bertz CT molecular complexity index is 1560. The fourth-order valence-electron chi connectivity index (χ4n) is 3.99. The highest BCUT2D eigenvalue weighted by Crippen LogP contribution is 2.37. The van der Waals surface area contributed by atoms with Gasteiger partial charge in [-0.05, 0) is 66.4 Å². The Hall–Kier alpha value is -3.20. The molecule has 0 saturated heterocycles. The summed E-state index contributed by atoms with van der Waals surface area (Å²) in [6.45, 7) is 1.93. The summed E-state index contributed by atoms with van der Waals surface area (Å²) in [5.74, 6) is 1.26. The zero-order valence-electron chi connectivity index (χ0n) is 20.1. The van der Waals surface area contributed by atoms with Gasteiger partial charge in [-0.25, -0.2) is 8.42 Å². The first-order chi connectivity index (χ1) is 17.2. The van der Waals surface area contributed by atoms with Crippen molar-refractivity contribution in [2.75, 3.05) is 26.1 Å². The molecule has 1 aromatic heterocycles. The van der Waals surface area contributed by atoms with E-state index in [1.807, 2.05) is 31.2 Å². The van der Waals surface area contributed by atoms with Crippen LogP contribution in [0.2, 0.25) is 10.0 Å². The third kappa shape index (κ3) is 5.16. The molecule has 10 heteroatoms. The molecule has 0 amide bonds. The number of pyridine rings is 1. The summed E-state index contributed by atoms with van der Waals surface area (Å²) in [5, 5.41) is 1.24. The van der Waals surface area contributed by atoms with Gasteiger partial charge in [0.1, 0.15) is 4.90 Å². The summed E-state index contributed by atoms with van der Waals surface area (Å²) in [7, 11) is 0.519. The lowest BCUT2D eigenvalue weighted by Crippen LogP contribution is -2.14. The lowest BCUT2D eigenvalue weighted by Gasteiger charge is -2.15. The molecule has 36 heavy (non-hydrogen) atoms.